The van der Waals surface area contributed by atoms with Crippen LogP contribution >= 0.6 is 0 Å². The van der Waals surface area contributed by atoms with Crippen LogP contribution in [0.5, 0.6) is 0 Å². The topological polar surface area (TPSA) is 65.9 Å². The van der Waals surface area contributed by atoms with Gasteiger partial charge in [-0.2, -0.15) is 5.26 Å². The molecule has 80 valence electrons. The molecule has 0 aliphatic rings. The molecule has 1 rings (SSSR count). The van der Waals surface area contributed by atoms with Gasteiger partial charge in [-0.1, -0.05) is 0 Å². The third-order valence-corrected chi connectivity index (χ3v) is 1.80. The minimum Gasteiger partial charge on any atom is -0.396 e. The summed E-state index contributed by atoms with van der Waals surface area (Å²) in [5, 5.41) is 8.56. The molecule has 4 nitrogen and oxygen atoms in total. The number of nitrogen functional groups attached to an aromatic ring is 1. The Morgan fingerprint density at radius 2 is 2.33 bits per heavy atom. The predicted octanol–water partition coefficient (Wildman–Crippen LogP) is 1.24. The highest BCUT2D eigenvalue weighted by Crippen LogP contribution is 2.20. The van der Waals surface area contributed by atoms with Gasteiger partial charge in [-0.15, -0.1) is 0 Å². The van der Waals surface area contributed by atoms with Crippen LogP contribution in [0.15, 0.2) is 12.3 Å². The van der Waals surface area contributed by atoms with Gasteiger partial charge in [-0.25, -0.2) is 13.8 Å². The Balaban J connectivity index is 2.91. The minimum absolute atomic E-state index is 0.220. The molecular weight excluding hydrogens is 202 g/mol. The monoisotopic (exact) mass is 212 g/mol. The van der Waals surface area contributed by atoms with Crippen molar-refractivity contribution >= 4 is 11.5 Å². The van der Waals surface area contributed by atoms with Gasteiger partial charge in [0.2, 0.25) is 0 Å². The van der Waals surface area contributed by atoms with E-state index in [4.69, 9.17) is 11.0 Å². The molecule has 0 saturated heterocycles. The number of hydrogen-bond acceptors (Lipinski definition) is 4. The van der Waals surface area contributed by atoms with Crippen molar-refractivity contribution in [2.75, 3.05) is 24.2 Å². The van der Waals surface area contributed by atoms with Crippen LogP contribution in [0, 0.1) is 11.3 Å². The van der Waals surface area contributed by atoms with Gasteiger partial charge in [0.05, 0.1) is 17.8 Å². The van der Waals surface area contributed by atoms with E-state index < -0.39 is 13.0 Å². The lowest BCUT2D eigenvalue weighted by atomic mass is 10.2. The van der Waals surface area contributed by atoms with Crippen LogP contribution in [0.1, 0.15) is 5.56 Å². The maximum absolute atomic E-state index is 12.1. The highest BCUT2D eigenvalue weighted by Gasteiger charge is 2.12. The number of alkyl halides is 2. The van der Waals surface area contributed by atoms with Crippen molar-refractivity contribution in [1.82, 2.24) is 4.98 Å². The van der Waals surface area contributed by atoms with Crippen molar-refractivity contribution in [3.63, 3.8) is 0 Å². The van der Waals surface area contributed by atoms with E-state index in [-0.39, 0.29) is 11.5 Å². The average molecular weight is 212 g/mol. The quantitative estimate of drug-likeness (QED) is 0.818. The largest absolute Gasteiger partial charge is 0.396 e. The minimum atomic E-state index is -2.45. The maximum Gasteiger partial charge on any atom is 0.255 e. The van der Waals surface area contributed by atoms with E-state index >= 15 is 0 Å². The summed E-state index contributed by atoms with van der Waals surface area (Å²) in [6.07, 6.45) is -1.15. The molecule has 0 aliphatic heterocycles. The second-order valence-corrected chi connectivity index (χ2v) is 3.02. The molecule has 2 N–H and O–H groups in total. The summed E-state index contributed by atoms with van der Waals surface area (Å²) in [6.45, 7) is -0.441. The third-order valence-electron chi connectivity index (χ3n) is 1.80. The SMILES string of the molecule is CN(CC(F)F)c1ncc(C#N)cc1N. The number of rotatable bonds is 3. The van der Waals surface area contributed by atoms with Crippen LogP contribution in [0.4, 0.5) is 20.3 Å². The van der Waals surface area contributed by atoms with Crippen LogP contribution in [0.3, 0.4) is 0 Å². The maximum atomic E-state index is 12.1. The van der Waals surface area contributed by atoms with Crippen molar-refractivity contribution in [2.24, 2.45) is 0 Å². The molecule has 1 aromatic rings. The average Bonchev–Trinajstić information content (AvgIpc) is 2.16. The molecule has 1 aromatic heterocycles. The highest BCUT2D eigenvalue weighted by atomic mass is 19.3. The van der Waals surface area contributed by atoms with Crippen LogP contribution in [-0.4, -0.2) is 25.0 Å². The molecule has 1 heterocycles. The number of nitrogens with zero attached hydrogens (tertiary/aromatic N) is 3. The van der Waals surface area contributed by atoms with E-state index in [0.29, 0.717) is 5.56 Å². The van der Waals surface area contributed by atoms with Crippen molar-refractivity contribution in [3.05, 3.63) is 17.8 Å². The summed E-state index contributed by atoms with van der Waals surface area (Å²) in [5.41, 5.74) is 6.10. The number of nitriles is 1. The van der Waals surface area contributed by atoms with Gasteiger partial charge >= 0.3 is 0 Å². The van der Waals surface area contributed by atoms with Gasteiger partial charge in [-0.05, 0) is 6.07 Å². The van der Waals surface area contributed by atoms with Crippen molar-refractivity contribution in [3.8, 4) is 6.07 Å². The number of hydrogen-bond donors (Lipinski definition) is 1. The summed E-state index contributed by atoms with van der Waals surface area (Å²) in [7, 11) is 1.47. The van der Waals surface area contributed by atoms with Gasteiger partial charge in [0, 0.05) is 13.2 Å². The van der Waals surface area contributed by atoms with E-state index in [1.807, 2.05) is 6.07 Å². The molecule has 0 saturated carbocycles. The van der Waals surface area contributed by atoms with Crippen LogP contribution < -0.4 is 10.6 Å². The lowest BCUT2D eigenvalue weighted by Crippen LogP contribution is -2.25. The normalized spacial score (nSPS) is 10.1. The summed E-state index contributed by atoms with van der Waals surface area (Å²) in [6, 6.07) is 3.27. The Morgan fingerprint density at radius 1 is 1.67 bits per heavy atom. The Hall–Kier alpha value is -1.90. The Morgan fingerprint density at radius 3 is 2.80 bits per heavy atom. The van der Waals surface area contributed by atoms with E-state index in [9.17, 15) is 8.78 Å². The van der Waals surface area contributed by atoms with Gasteiger partial charge in [0.25, 0.3) is 6.43 Å². The lowest BCUT2D eigenvalue weighted by Gasteiger charge is -2.18. The molecule has 0 fully saturated rings. The van der Waals surface area contributed by atoms with E-state index in [1.54, 1.807) is 0 Å². The number of aromatic nitrogens is 1. The van der Waals surface area contributed by atoms with Gasteiger partial charge in [0.15, 0.2) is 5.82 Å². The lowest BCUT2D eigenvalue weighted by molar-refractivity contribution is 0.156. The van der Waals surface area contributed by atoms with E-state index in [1.165, 1.54) is 24.2 Å². The van der Waals surface area contributed by atoms with Crippen molar-refractivity contribution in [2.45, 2.75) is 6.43 Å². The second-order valence-electron chi connectivity index (χ2n) is 3.02. The number of halogens is 2. The van der Waals surface area contributed by atoms with E-state index in [2.05, 4.69) is 4.98 Å². The van der Waals surface area contributed by atoms with Gasteiger partial charge in [0.1, 0.15) is 6.07 Å². The predicted molar refractivity (Wildman–Crippen MR) is 52.6 cm³/mol. The Kier molecular flexibility index (Phi) is 3.39. The van der Waals surface area contributed by atoms with E-state index in [0.717, 1.165) is 0 Å². The van der Waals surface area contributed by atoms with Crippen LogP contribution in [-0.2, 0) is 0 Å². The van der Waals surface area contributed by atoms with Crippen LogP contribution in [0.2, 0.25) is 0 Å². The van der Waals surface area contributed by atoms with Gasteiger partial charge < -0.3 is 10.6 Å². The summed E-state index contributed by atoms with van der Waals surface area (Å²) >= 11 is 0. The van der Waals surface area contributed by atoms with Crippen molar-refractivity contribution in [1.29, 1.82) is 5.26 Å². The first-order valence-corrected chi connectivity index (χ1v) is 4.19. The third kappa shape index (κ3) is 2.77. The molecule has 0 amide bonds. The smallest absolute Gasteiger partial charge is 0.255 e. The first kappa shape index (κ1) is 11.2. The fourth-order valence-electron chi connectivity index (χ4n) is 1.15. The zero-order valence-corrected chi connectivity index (χ0v) is 8.11. The molecule has 0 radical (unpaired) electrons. The Bertz CT molecular complexity index is 386. The Labute approximate surface area is 85.9 Å². The second kappa shape index (κ2) is 4.55. The first-order valence-electron chi connectivity index (χ1n) is 4.19. The molecule has 0 spiro atoms. The molecule has 0 atom stereocenters. The van der Waals surface area contributed by atoms with Crippen LogP contribution in [0.25, 0.3) is 0 Å². The molecule has 0 unspecified atom stereocenters. The molecule has 15 heavy (non-hydrogen) atoms. The molecular formula is C9H10F2N4. The fraction of sp³-hybridized carbons (Fsp3) is 0.333. The van der Waals surface area contributed by atoms with Crippen molar-refractivity contribution < 1.29 is 8.78 Å². The number of pyridine rings is 1. The molecule has 0 aliphatic carbocycles. The molecule has 0 bridgehead atoms. The standard InChI is InChI=1S/C9H10F2N4/c1-15(5-8(10)11)9-7(13)2-6(3-12)4-14-9/h2,4,8H,5,13H2,1H3. The summed E-state index contributed by atoms with van der Waals surface area (Å²) in [4.78, 5) is 5.10. The number of anilines is 2. The molecule has 0 aromatic carbocycles. The van der Waals surface area contributed by atoms with Gasteiger partial charge in [-0.3, -0.25) is 0 Å². The summed E-state index contributed by atoms with van der Waals surface area (Å²) in [5.74, 6) is 0.259. The summed E-state index contributed by atoms with van der Waals surface area (Å²) < 4.78 is 24.2. The highest BCUT2D eigenvalue weighted by molar-refractivity contribution is 5.64. The number of nitrogens with two attached hydrogens (primary N) is 1. The zero-order valence-electron chi connectivity index (χ0n) is 8.11. The first-order chi connectivity index (χ1) is 7.04. The zero-order chi connectivity index (χ0) is 11.4. The molecule has 6 heteroatoms. The fourth-order valence-corrected chi connectivity index (χ4v) is 1.15.